The molecule has 104 valence electrons. The number of nitrogens with zero attached hydrogens (tertiary/aromatic N) is 1. The van der Waals surface area contributed by atoms with Gasteiger partial charge in [-0.2, -0.15) is 0 Å². The minimum atomic E-state index is -0.889. The predicted octanol–water partition coefficient (Wildman–Crippen LogP) is 2.12. The standard InChI is InChI=1S/C15H21NO3/c1-11(17)9-14-3-2-8-16(14)10-12-4-6-13(7-5-12)15(18)19/h4-7,11,14,17H,2-3,8-10H2,1H3,(H,18,19). The van der Waals surface area contributed by atoms with E-state index in [1.807, 2.05) is 19.1 Å². The smallest absolute Gasteiger partial charge is 0.335 e. The van der Waals surface area contributed by atoms with E-state index in [-0.39, 0.29) is 6.10 Å². The zero-order valence-electron chi connectivity index (χ0n) is 11.2. The Labute approximate surface area is 113 Å². The van der Waals surface area contributed by atoms with Crippen molar-refractivity contribution in [2.24, 2.45) is 0 Å². The molecule has 2 rings (SSSR count). The molecule has 1 heterocycles. The van der Waals surface area contributed by atoms with Gasteiger partial charge in [-0.1, -0.05) is 12.1 Å². The highest BCUT2D eigenvalue weighted by molar-refractivity contribution is 5.87. The van der Waals surface area contributed by atoms with Crippen LogP contribution in [0.25, 0.3) is 0 Å². The van der Waals surface area contributed by atoms with E-state index in [4.69, 9.17) is 5.11 Å². The highest BCUT2D eigenvalue weighted by atomic mass is 16.4. The first-order chi connectivity index (χ1) is 9.06. The molecule has 2 N–H and O–H groups in total. The highest BCUT2D eigenvalue weighted by Gasteiger charge is 2.25. The van der Waals surface area contributed by atoms with Gasteiger partial charge in [0.05, 0.1) is 11.7 Å². The molecule has 4 nitrogen and oxygen atoms in total. The summed E-state index contributed by atoms with van der Waals surface area (Å²) in [5.74, 6) is -0.889. The quantitative estimate of drug-likeness (QED) is 0.854. The van der Waals surface area contributed by atoms with E-state index in [1.165, 1.54) is 6.42 Å². The molecule has 0 bridgehead atoms. The molecule has 0 saturated carbocycles. The molecule has 1 aromatic carbocycles. The number of likely N-dealkylation sites (tertiary alicyclic amines) is 1. The number of carboxylic acid groups (broad SMARTS) is 1. The summed E-state index contributed by atoms with van der Waals surface area (Å²) in [6.45, 7) is 3.72. The van der Waals surface area contributed by atoms with Crippen molar-refractivity contribution in [3.8, 4) is 0 Å². The minimum Gasteiger partial charge on any atom is -0.478 e. The Morgan fingerprint density at radius 1 is 1.42 bits per heavy atom. The second-order valence-electron chi connectivity index (χ2n) is 5.35. The maximum atomic E-state index is 10.8. The molecule has 0 amide bonds. The summed E-state index contributed by atoms with van der Waals surface area (Å²) in [6.07, 6.45) is 2.86. The van der Waals surface area contributed by atoms with Gasteiger partial charge in [0, 0.05) is 12.6 Å². The van der Waals surface area contributed by atoms with Gasteiger partial charge in [-0.25, -0.2) is 4.79 Å². The van der Waals surface area contributed by atoms with Crippen LogP contribution in [0.2, 0.25) is 0 Å². The largest absolute Gasteiger partial charge is 0.478 e. The molecule has 1 fully saturated rings. The van der Waals surface area contributed by atoms with Crippen LogP contribution in [0.4, 0.5) is 0 Å². The summed E-state index contributed by atoms with van der Waals surface area (Å²) in [4.78, 5) is 13.2. The third-order valence-electron chi connectivity index (χ3n) is 3.70. The maximum Gasteiger partial charge on any atom is 0.335 e. The second-order valence-corrected chi connectivity index (χ2v) is 5.35. The normalized spacial score (nSPS) is 21.5. The summed E-state index contributed by atoms with van der Waals surface area (Å²) in [7, 11) is 0. The Hall–Kier alpha value is -1.39. The van der Waals surface area contributed by atoms with E-state index in [2.05, 4.69) is 4.90 Å². The van der Waals surface area contributed by atoms with E-state index in [0.29, 0.717) is 11.6 Å². The maximum absolute atomic E-state index is 10.8. The number of carboxylic acids is 1. The molecular weight excluding hydrogens is 242 g/mol. The summed E-state index contributed by atoms with van der Waals surface area (Å²) in [5, 5.41) is 18.4. The second kappa shape index (κ2) is 6.17. The van der Waals surface area contributed by atoms with Crippen LogP contribution in [0.3, 0.4) is 0 Å². The minimum absolute atomic E-state index is 0.264. The van der Waals surface area contributed by atoms with Gasteiger partial charge in [-0.3, -0.25) is 4.90 Å². The Morgan fingerprint density at radius 3 is 2.68 bits per heavy atom. The summed E-state index contributed by atoms with van der Waals surface area (Å²) >= 11 is 0. The van der Waals surface area contributed by atoms with Gasteiger partial charge in [0.2, 0.25) is 0 Å². The molecule has 0 spiro atoms. The lowest BCUT2D eigenvalue weighted by molar-refractivity contribution is 0.0696. The Kier molecular flexibility index (Phi) is 4.56. The van der Waals surface area contributed by atoms with Crippen molar-refractivity contribution in [1.82, 2.24) is 4.90 Å². The molecule has 2 atom stereocenters. The molecule has 2 unspecified atom stereocenters. The van der Waals surface area contributed by atoms with Crippen LogP contribution in [0.1, 0.15) is 42.1 Å². The Morgan fingerprint density at radius 2 is 2.11 bits per heavy atom. The van der Waals surface area contributed by atoms with E-state index in [1.54, 1.807) is 12.1 Å². The molecule has 0 aromatic heterocycles. The van der Waals surface area contributed by atoms with Gasteiger partial charge in [-0.15, -0.1) is 0 Å². The SMILES string of the molecule is CC(O)CC1CCCN1Cc1ccc(C(=O)O)cc1. The average Bonchev–Trinajstić information content (AvgIpc) is 2.76. The first kappa shape index (κ1) is 14.0. The number of carbonyl (C=O) groups is 1. The zero-order chi connectivity index (χ0) is 13.8. The van der Waals surface area contributed by atoms with Crippen molar-refractivity contribution < 1.29 is 15.0 Å². The molecule has 0 aliphatic carbocycles. The number of hydrogen-bond acceptors (Lipinski definition) is 3. The number of hydrogen-bond donors (Lipinski definition) is 2. The topological polar surface area (TPSA) is 60.8 Å². The van der Waals surface area contributed by atoms with E-state index < -0.39 is 5.97 Å². The van der Waals surface area contributed by atoms with Crippen molar-refractivity contribution in [2.75, 3.05) is 6.54 Å². The third kappa shape index (κ3) is 3.78. The number of aliphatic hydroxyl groups is 1. The Balaban J connectivity index is 1.98. The third-order valence-corrected chi connectivity index (χ3v) is 3.70. The van der Waals surface area contributed by atoms with Crippen molar-refractivity contribution in [3.63, 3.8) is 0 Å². The molecule has 19 heavy (non-hydrogen) atoms. The van der Waals surface area contributed by atoms with Crippen LogP contribution in [-0.2, 0) is 6.54 Å². The van der Waals surface area contributed by atoms with Gasteiger partial charge in [0.25, 0.3) is 0 Å². The summed E-state index contributed by atoms with van der Waals surface area (Å²) in [5.41, 5.74) is 1.45. The van der Waals surface area contributed by atoms with Gasteiger partial charge in [0.1, 0.15) is 0 Å². The summed E-state index contributed by atoms with van der Waals surface area (Å²) in [6, 6.07) is 7.50. The van der Waals surface area contributed by atoms with Crippen molar-refractivity contribution >= 4 is 5.97 Å². The first-order valence-corrected chi connectivity index (χ1v) is 6.80. The molecule has 1 aliphatic rings. The monoisotopic (exact) mass is 263 g/mol. The van der Waals surface area contributed by atoms with Crippen LogP contribution in [0, 0.1) is 0 Å². The lowest BCUT2D eigenvalue weighted by atomic mass is 10.1. The van der Waals surface area contributed by atoms with Crippen molar-refractivity contribution in [3.05, 3.63) is 35.4 Å². The number of aromatic carboxylic acids is 1. The molecule has 4 heteroatoms. The molecular formula is C15H21NO3. The number of rotatable bonds is 5. The molecule has 1 aromatic rings. The van der Waals surface area contributed by atoms with Gasteiger partial charge >= 0.3 is 5.97 Å². The lowest BCUT2D eigenvalue weighted by Gasteiger charge is -2.25. The first-order valence-electron chi connectivity index (χ1n) is 6.80. The van der Waals surface area contributed by atoms with E-state index in [9.17, 15) is 9.90 Å². The fraction of sp³-hybridized carbons (Fsp3) is 0.533. The fourth-order valence-electron chi connectivity index (χ4n) is 2.75. The number of aliphatic hydroxyl groups excluding tert-OH is 1. The number of benzene rings is 1. The van der Waals surface area contributed by atoms with Crippen LogP contribution >= 0.6 is 0 Å². The van der Waals surface area contributed by atoms with Crippen LogP contribution < -0.4 is 0 Å². The highest BCUT2D eigenvalue weighted by Crippen LogP contribution is 2.23. The molecule has 1 aliphatic heterocycles. The van der Waals surface area contributed by atoms with Gasteiger partial charge in [0.15, 0.2) is 0 Å². The van der Waals surface area contributed by atoms with Crippen LogP contribution in [0.15, 0.2) is 24.3 Å². The van der Waals surface area contributed by atoms with Crippen molar-refractivity contribution in [2.45, 2.75) is 44.9 Å². The van der Waals surface area contributed by atoms with E-state index >= 15 is 0 Å². The lowest BCUT2D eigenvalue weighted by Crippen LogP contribution is -2.31. The predicted molar refractivity (Wildman–Crippen MR) is 73.1 cm³/mol. The van der Waals surface area contributed by atoms with Crippen LogP contribution in [-0.4, -0.2) is 39.8 Å². The molecule has 1 saturated heterocycles. The fourth-order valence-corrected chi connectivity index (χ4v) is 2.75. The molecule has 0 radical (unpaired) electrons. The average molecular weight is 263 g/mol. The zero-order valence-corrected chi connectivity index (χ0v) is 11.2. The summed E-state index contributed by atoms with van der Waals surface area (Å²) < 4.78 is 0. The van der Waals surface area contributed by atoms with Crippen LogP contribution in [0.5, 0.6) is 0 Å². The van der Waals surface area contributed by atoms with E-state index in [0.717, 1.165) is 31.5 Å². The Bertz CT molecular complexity index is 428. The van der Waals surface area contributed by atoms with Gasteiger partial charge in [-0.05, 0) is 50.4 Å². The van der Waals surface area contributed by atoms with Crippen molar-refractivity contribution in [1.29, 1.82) is 0 Å². The van der Waals surface area contributed by atoms with Gasteiger partial charge < -0.3 is 10.2 Å².